The van der Waals surface area contributed by atoms with Crippen LogP contribution in [0.3, 0.4) is 0 Å². The zero-order valence-electron chi connectivity index (χ0n) is 13.3. The molecule has 1 amide bonds. The van der Waals surface area contributed by atoms with Crippen LogP contribution in [0.15, 0.2) is 89.1 Å². The molecule has 3 rings (SSSR count). The molecule has 0 unspecified atom stereocenters. The molecule has 4 heteroatoms. The van der Waals surface area contributed by atoms with Crippen molar-refractivity contribution in [2.24, 2.45) is 10.2 Å². The summed E-state index contributed by atoms with van der Waals surface area (Å²) in [6.07, 6.45) is 0. The number of nitrogens with zero attached hydrogens (tertiary/aromatic N) is 2. The fourth-order valence-corrected chi connectivity index (χ4v) is 2.25. The fourth-order valence-electron chi connectivity index (χ4n) is 2.25. The molecule has 0 aliphatic heterocycles. The number of anilines is 1. The van der Waals surface area contributed by atoms with Gasteiger partial charge in [-0.1, -0.05) is 36.4 Å². The highest BCUT2D eigenvalue weighted by atomic mass is 16.1. The summed E-state index contributed by atoms with van der Waals surface area (Å²) in [5.74, 6) is -0.119. The number of carbonyl (C=O) groups excluding carboxylic acids is 1. The standard InChI is InChI=1S/C20H17N3O/c1-15-7-5-6-10-19(15)20(24)21-16-11-13-18(14-12-16)23-22-17-8-3-2-4-9-17/h2-14H,1H3,(H,21,24). The maximum Gasteiger partial charge on any atom is 0.255 e. The Labute approximate surface area is 140 Å². The summed E-state index contributed by atoms with van der Waals surface area (Å²) >= 11 is 0. The first kappa shape index (κ1) is 15.6. The van der Waals surface area contributed by atoms with Crippen LogP contribution in [-0.2, 0) is 0 Å². The van der Waals surface area contributed by atoms with Crippen molar-refractivity contribution >= 4 is 23.0 Å². The topological polar surface area (TPSA) is 53.8 Å². The highest BCUT2D eigenvalue weighted by Crippen LogP contribution is 2.20. The van der Waals surface area contributed by atoms with Gasteiger partial charge in [0.05, 0.1) is 11.4 Å². The van der Waals surface area contributed by atoms with Gasteiger partial charge in [0.2, 0.25) is 0 Å². The summed E-state index contributed by atoms with van der Waals surface area (Å²) in [6, 6.07) is 24.3. The number of hydrogen-bond acceptors (Lipinski definition) is 3. The molecule has 3 aromatic carbocycles. The van der Waals surface area contributed by atoms with E-state index in [0.29, 0.717) is 5.56 Å². The van der Waals surface area contributed by atoms with E-state index >= 15 is 0 Å². The molecule has 1 N–H and O–H groups in total. The van der Waals surface area contributed by atoms with Crippen molar-refractivity contribution in [3.05, 3.63) is 90.0 Å². The second-order valence-corrected chi connectivity index (χ2v) is 5.35. The molecule has 118 valence electrons. The summed E-state index contributed by atoms with van der Waals surface area (Å²) in [5.41, 5.74) is 3.87. The summed E-state index contributed by atoms with van der Waals surface area (Å²) in [4.78, 5) is 12.3. The van der Waals surface area contributed by atoms with E-state index in [2.05, 4.69) is 15.5 Å². The predicted octanol–water partition coefficient (Wildman–Crippen LogP) is 5.66. The minimum absolute atomic E-state index is 0.119. The molecule has 24 heavy (non-hydrogen) atoms. The number of nitrogens with one attached hydrogen (secondary N) is 1. The van der Waals surface area contributed by atoms with Crippen molar-refractivity contribution in [1.82, 2.24) is 0 Å². The number of aryl methyl sites for hydroxylation is 1. The van der Waals surface area contributed by atoms with E-state index in [-0.39, 0.29) is 5.91 Å². The Morgan fingerprint density at radius 3 is 2.00 bits per heavy atom. The molecule has 0 spiro atoms. The second kappa shape index (κ2) is 7.33. The van der Waals surface area contributed by atoms with Crippen LogP contribution in [0.1, 0.15) is 15.9 Å². The molecule has 0 saturated carbocycles. The largest absolute Gasteiger partial charge is 0.322 e. The first-order valence-electron chi connectivity index (χ1n) is 7.66. The third kappa shape index (κ3) is 3.93. The Balaban J connectivity index is 1.68. The van der Waals surface area contributed by atoms with Crippen LogP contribution in [0.4, 0.5) is 17.1 Å². The van der Waals surface area contributed by atoms with E-state index in [9.17, 15) is 4.79 Å². The average molecular weight is 315 g/mol. The van der Waals surface area contributed by atoms with Crippen LogP contribution < -0.4 is 5.32 Å². The number of carbonyl (C=O) groups is 1. The van der Waals surface area contributed by atoms with Gasteiger partial charge in [0.1, 0.15) is 0 Å². The lowest BCUT2D eigenvalue weighted by Gasteiger charge is -2.07. The van der Waals surface area contributed by atoms with E-state index < -0.39 is 0 Å². The van der Waals surface area contributed by atoms with Gasteiger partial charge < -0.3 is 5.32 Å². The van der Waals surface area contributed by atoms with Gasteiger partial charge >= 0.3 is 0 Å². The van der Waals surface area contributed by atoms with E-state index in [1.807, 2.05) is 85.8 Å². The normalized spacial score (nSPS) is 10.7. The minimum atomic E-state index is -0.119. The van der Waals surface area contributed by atoms with E-state index in [0.717, 1.165) is 22.6 Å². The van der Waals surface area contributed by atoms with E-state index in [1.54, 1.807) is 0 Å². The zero-order valence-corrected chi connectivity index (χ0v) is 13.3. The summed E-state index contributed by atoms with van der Waals surface area (Å²) < 4.78 is 0. The maximum atomic E-state index is 12.3. The van der Waals surface area contributed by atoms with Crippen LogP contribution in [0, 0.1) is 6.92 Å². The Morgan fingerprint density at radius 2 is 1.33 bits per heavy atom. The Bertz CT molecular complexity index is 856. The predicted molar refractivity (Wildman–Crippen MR) is 96.2 cm³/mol. The monoisotopic (exact) mass is 315 g/mol. The molecule has 0 bridgehead atoms. The molecule has 0 aliphatic carbocycles. The van der Waals surface area contributed by atoms with Crippen molar-refractivity contribution in [1.29, 1.82) is 0 Å². The van der Waals surface area contributed by atoms with Gasteiger partial charge in [0.15, 0.2) is 0 Å². The van der Waals surface area contributed by atoms with E-state index in [4.69, 9.17) is 0 Å². The molecule has 0 heterocycles. The SMILES string of the molecule is Cc1ccccc1C(=O)Nc1ccc(N=Nc2ccccc2)cc1. The van der Waals surface area contributed by atoms with Crippen LogP contribution >= 0.6 is 0 Å². The van der Waals surface area contributed by atoms with Crippen LogP contribution in [-0.4, -0.2) is 5.91 Å². The third-order valence-electron chi connectivity index (χ3n) is 3.55. The summed E-state index contributed by atoms with van der Waals surface area (Å²) in [6.45, 7) is 1.92. The quantitative estimate of drug-likeness (QED) is 0.620. The Morgan fingerprint density at radius 1 is 0.750 bits per heavy atom. The van der Waals surface area contributed by atoms with Crippen molar-refractivity contribution in [2.45, 2.75) is 6.92 Å². The summed E-state index contributed by atoms with van der Waals surface area (Å²) in [5, 5.41) is 11.2. The first-order chi connectivity index (χ1) is 11.7. The van der Waals surface area contributed by atoms with Crippen molar-refractivity contribution < 1.29 is 4.79 Å². The highest BCUT2D eigenvalue weighted by Gasteiger charge is 2.08. The summed E-state index contributed by atoms with van der Waals surface area (Å²) in [7, 11) is 0. The van der Waals surface area contributed by atoms with Gasteiger partial charge in [0.25, 0.3) is 5.91 Å². The van der Waals surface area contributed by atoms with Crippen LogP contribution in [0.25, 0.3) is 0 Å². The van der Waals surface area contributed by atoms with Crippen molar-refractivity contribution in [3.63, 3.8) is 0 Å². The minimum Gasteiger partial charge on any atom is -0.322 e. The fraction of sp³-hybridized carbons (Fsp3) is 0.0500. The number of azo groups is 1. The molecule has 0 aromatic heterocycles. The molecule has 0 radical (unpaired) electrons. The lowest BCUT2D eigenvalue weighted by atomic mass is 10.1. The maximum absolute atomic E-state index is 12.3. The molecule has 0 atom stereocenters. The van der Waals surface area contributed by atoms with Crippen molar-refractivity contribution in [3.8, 4) is 0 Å². The average Bonchev–Trinajstić information content (AvgIpc) is 2.62. The number of amides is 1. The van der Waals surface area contributed by atoms with Gasteiger partial charge in [-0.15, -0.1) is 0 Å². The van der Waals surface area contributed by atoms with Crippen LogP contribution in [0.2, 0.25) is 0 Å². The number of benzene rings is 3. The van der Waals surface area contributed by atoms with Crippen LogP contribution in [0.5, 0.6) is 0 Å². The van der Waals surface area contributed by atoms with Gasteiger partial charge in [-0.3, -0.25) is 4.79 Å². The van der Waals surface area contributed by atoms with Gasteiger partial charge in [-0.2, -0.15) is 10.2 Å². The number of rotatable bonds is 4. The number of hydrogen-bond donors (Lipinski definition) is 1. The lowest BCUT2D eigenvalue weighted by molar-refractivity contribution is 0.102. The smallest absolute Gasteiger partial charge is 0.255 e. The van der Waals surface area contributed by atoms with Gasteiger partial charge in [-0.05, 0) is 55.0 Å². The van der Waals surface area contributed by atoms with Crippen molar-refractivity contribution in [2.75, 3.05) is 5.32 Å². The zero-order chi connectivity index (χ0) is 16.8. The molecule has 4 nitrogen and oxygen atoms in total. The first-order valence-corrected chi connectivity index (χ1v) is 7.66. The molecule has 0 fully saturated rings. The molecule has 0 aliphatic rings. The molecular weight excluding hydrogens is 298 g/mol. The van der Waals surface area contributed by atoms with Gasteiger partial charge in [-0.25, -0.2) is 0 Å². The second-order valence-electron chi connectivity index (χ2n) is 5.35. The Hall–Kier alpha value is -3.27. The molecular formula is C20H17N3O. The highest BCUT2D eigenvalue weighted by molar-refractivity contribution is 6.05. The van der Waals surface area contributed by atoms with Gasteiger partial charge in [0, 0.05) is 11.3 Å². The molecule has 3 aromatic rings. The molecule has 0 saturated heterocycles. The lowest BCUT2D eigenvalue weighted by Crippen LogP contribution is -2.12. The van der Waals surface area contributed by atoms with E-state index in [1.165, 1.54) is 0 Å². The Kier molecular flexibility index (Phi) is 4.77. The third-order valence-corrected chi connectivity index (χ3v) is 3.55.